The molecule has 19 heavy (non-hydrogen) atoms. The first kappa shape index (κ1) is 17.7. The van der Waals surface area contributed by atoms with Crippen molar-refractivity contribution in [1.82, 2.24) is 10.2 Å². The highest BCUT2D eigenvalue weighted by molar-refractivity contribution is 5.74. The molecule has 1 unspecified atom stereocenters. The van der Waals surface area contributed by atoms with E-state index in [-0.39, 0.29) is 18.5 Å². The van der Waals surface area contributed by atoms with Gasteiger partial charge in [-0.25, -0.2) is 4.79 Å². The molecule has 0 aromatic rings. The number of carboxylic acids is 1. The third-order valence-electron chi connectivity index (χ3n) is 2.89. The van der Waals surface area contributed by atoms with Crippen LogP contribution in [0.5, 0.6) is 0 Å². The second-order valence-corrected chi connectivity index (χ2v) is 4.53. The highest BCUT2D eigenvalue weighted by Gasteiger charge is 2.17. The summed E-state index contributed by atoms with van der Waals surface area (Å²) in [5.41, 5.74) is 0. The number of hydrogen-bond acceptors (Lipinski definition) is 3. The molecular weight excluding hydrogens is 248 g/mol. The molecule has 0 bridgehead atoms. The van der Waals surface area contributed by atoms with Gasteiger partial charge < -0.3 is 20.1 Å². The lowest BCUT2D eigenvalue weighted by Crippen LogP contribution is -2.46. The second-order valence-electron chi connectivity index (χ2n) is 4.53. The number of unbranched alkanes of at least 4 members (excludes halogenated alkanes) is 2. The number of hydrogen-bond donors (Lipinski definition) is 2. The zero-order chi connectivity index (χ0) is 14.7. The first-order chi connectivity index (χ1) is 9.02. The molecule has 0 spiro atoms. The number of rotatable bonds is 10. The van der Waals surface area contributed by atoms with Crippen molar-refractivity contribution in [3.05, 3.63) is 0 Å². The molecule has 0 heterocycles. The Kier molecular flexibility index (Phi) is 9.88. The van der Waals surface area contributed by atoms with E-state index in [1.54, 1.807) is 12.0 Å². The highest BCUT2D eigenvalue weighted by Crippen LogP contribution is 2.01. The van der Waals surface area contributed by atoms with E-state index in [4.69, 9.17) is 9.84 Å². The molecule has 0 aromatic heterocycles. The van der Waals surface area contributed by atoms with Crippen LogP contribution < -0.4 is 5.32 Å². The van der Waals surface area contributed by atoms with Crippen molar-refractivity contribution in [3.8, 4) is 0 Å². The summed E-state index contributed by atoms with van der Waals surface area (Å²) < 4.78 is 5.04. The molecule has 0 fully saturated rings. The molecule has 0 aromatic carbocycles. The molecule has 0 saturated heterocycles. The molecule has 2 amide bonds. The molecule has 0 aliphatic heterocycles. The summed E-state index contributed by atoms with van der Waals surface area (Å²) >= 11 is 0. The van der Waals surface area contributed by atoms with E-state index < -0.39 is 5.97 Å². The van der Waals surface area contributed by atoms with Gasteiger partial charge in [0.15, 0.2) is 0 Å². The summed E-state index contributed by atoms with van der Waals surface area (Å²) in [6.07, 6.45) is 2.46. The van der Waals surface area contributed by atoms with Crippen LogP contribution in [0, 0.1) is 0 Å². The largest absolute Gasteiger partial charge is 0.481 e. The van der Waals surface area contributed by atoms with Crippen molar-refractivity contribution in [2.75, 3.05) is 26.8 Å². The lowest BCUT2D eigenvalue weighted by molar-refractivity contribution is -0.137. The number of nitrogens with zero attached hydrogens (tertiary/aromatic N) is 1. The third kappa shape index (κ3) is 8.42. The van der Waals surface area contributed by atoms with Crippen molar-refractivity contribution in [1.29, 1.82) is 0 Å². The standard InChI is InChI=1S/C13H26N2O4/c1-4-15(11(2)10-19-3)13(18)14-9-7-5-6-8-12(16)17/h11H,4-10H2,1-3H3,(H,14,18)(H,16,17). The monoisotopic (exact) mass is 274 g/mol. The summed E-state index contributed by atoms with van der Waals surface area (Å²) in [6.45, 7) is 5.60. The Bertz CT molecular complexity index is 271. The van der Waals surface area contributed by atoms with Gasteiger partial charge in [-0.15, -0.1) is 0 Å². The normalized spacial score (nSPS) is 11.9. The number of ether oxygens (including phenoxy) is 1. The number of methoxy groups -OCH3 is 1. The third-order valence-corrected chi connectivity index (χ3v) is 2.89. The number of amides is 2. The maximum atomic E-state index is 11.9. The number of likely N-dealkylation sites (N-methyl/N-ethyl adjacent to an activating group) is 1. The zero-order valence-electron chi connectivity index (χ0n) is 12.1. The summed E-state index contributed by atoms with van der Waals surface area (Å²) in [6, 6.07) is -0.0488. The summed E-state index contributed by atoms with van der Waals surface area (Å²) in [5.74, 6) is -0.769. The predicted molar refractivity (Wildman–Crippen MR) is 73.2 cm³/mol. The molecule has 0 rings (SSSR count). The summed E-state index contributed by atoms with van der Waals surface area (Å²) in [7, 11) is 1.62. The Balaban J connectivity index is 3.79. The Labute approximate surface area is 115 Å². The molecule has 1 atom stereocenters. The van der Waals surface area contributed by atoms with E-state index in [9.17, 15) is 9.59 Å². The van der Waals surface area contributed by atoms with E-state index >= 15 is 0 Å². The van der Waals surface area contributed by atoms with Crippen LogP contribution in [0.3, 0.4) is 0 Å². The number of nitrogens with one attached hydrogen (secondary N) is 1. The molecule has 0 aliphatic rings. The topological polar surface area (TPSA) is 78.9 Å². The molecule has 6 nitrogen and oxygen atoms in total. The predicted octanol–water partition coefficient (Wildman–Crippen LogP) is 1.70. The maximum absolute atomic E-state index is 11.9. The highest BCUT2D eigenvalue weighted by atomic mass is 16.5. The van der Waals surface area contributed by atoms with Crippen LogP contribution in [0.1, 0.15) is 39.5 Å². The zero-order valence-corrected chi connectivity index (χ0v) is 12.1. The van der Waals surface area contributed by atoms with E-state index in [1.807, 2.05) is 13.8 Å². The van der Waals surface area contributed by atoms with Gasteiger partial charge in [-0.05, 0) is 26.7 Å². The lowest BCUT2D eigenvalue weighted by Gasteiger charge is -2.27. The van der Waals surface area contributed by atoms with Crippen LogP contribution in [0.15, 0.2) is 0 Å². The SMILES string of the molecule is CCN(C(=O)NCCCCCC(=O)O)C(C)COC. The van der Waals surface area contributed by atoms with E-state index in [0.29, 0.717) is 26.1 Å². The van der Waals surface area contributed by atoms with Crippen LogP contribution in [-0.4, -0.2) is 54.9 Å². The fourth-order valence-corrected chi connectivity index (χ4v) is 1.86. The minimum absolute atomic E-state index is 0.0435. The van der Waals surface area contributed by atoms with Crippen molar-refractivity contribution in [2.45, 2.75) is 45.6 Å². The molecule has 0 aliphatic carbocycles. The second kappa shape index (κ2) is 10.6. The van der Waals surface area contributed by atoms with Crippen molar-refractivity contribution in [3.63, 3.8) is 0 Å². The quantitative estimate of drug-likeness (QED) is 0.594. The van der Waals surface area contributed by atoms with Crippen molar-refractivity contribution >= 4 is 12.0 Å². The molecule has 2 N–H and O–H groups in total. The minimum atomic E-state index is -0.769. The first-order valence-electron chi connectivity index (χ1n) is 6.78. The summed E-state index contributed by atoms with van der Waals surface area (Å²) in [4.78, 5) is 23.9. The lowest BCUT2D eigenvalue weighted by atomic mass is 10.2. The Morgan fingerprint density at radius 3 is 2.53 bits per heavy atom. The van der Waals surface area contributed by atoms with E-state index in [1.165, 1.54) is 0 Å². The number of carboxylic acid groups (broad SMARTS) is 1. The maximum Gasteiger partial charge on any atom is 0.317 e. The smallest absolute Gasteiger partial charge is 0.317 e. The molecular formula is C13H26N2O4. The van der Waals surface area contributed by atoms with Gasteiger partial charge in [0, 0.05) is 26.6 Å². The van der Waals surface area contributed by atoms with Gasteiger partial charge in [0.05, 0.1) is 12.6 Å². The van der Waals surface area contributed by atoms with E-state index in [2.05, 4.69) is 5.32 Å². The Morgan fingerprint density at radius 1 is 1.32 bits per heavy atom. The van der Waals surface area contributed by atoms with Gasteiger partial charge in [-0.2, -0.15) is 0 Å². The number of carbonyl (C=O) groups is 2. The molecule has 0 radical (unpaired) electrons. The number of urea groups is 1. The minimum Gasteiger partial charge on any atom is -0.481 e. The van der Waals surface area contributed by atoms with Gasteiger partial charge >= 0.3 is 12.0 Å². The summed E-state index contributed by atoms with van der Waals surface area (Å²) in [5, 5.41) is 11.3. The Morgan fingerprint density at radius 2 is 2.00 bits per heavy atom. The van der Waals surface area contributed by atoms with Crippen LogP contribution in [-0.2, 0) is 9.53 Å². The molecule has 6 heteroatoms. The van der Waals surface area contributed by atoms with Crippen LogP contribution in [0.4, 0.5) is 4.79 Å². The molecule has 0 saturated carbocycles. The van der Waals surface area contributed by atoms with Gasteiger partial charge in [0.2, 0.25) is 0 Å². The number of carbonyl (C=O) groups excluding carboxylic acids is 1. The average molecular weight is 274 g/mol. The van der Waals surface area contributed by atoms with Crippen molar-refractivity contribution < 1.29 is 19.4 Å². The fourth-order valence-electron chi connectivity index (χ4n) is 1.86. The van der Waals surface area contributed by atoms with Gasteiger partial charge in [0.1, 0.15) is 0 Å². The Hall–Kier alpha value is -1.30. The molecule has 112 valence electrons. The van der Waals surface area contributed by atoms with Crippen LogP contribution in [0.2, 0.25) is 0 Å². The first-order valence-corrected chi connectivity index (χ1v) is 6.78. The van der Waals surface area contributed by atoms with E-state index in [0.717, 1.165) is 12.8 Å². The van der Waals surface area contributed by atoms with Crippen LogP contribution in [0.25, 0.3) is 0 Å². The van der Waals surface area contributed by atoms with Gasteiger partial charge in [0.25, 0.3) is 0 Å². The van der Waals surface area contributed by atoms with Gasteiger partial charge in [-0.1, -0.05) is 6.42 Å². The number of aliphatic carboxylic acids is 1. The van der Waals surface area contributed by atoms with Crippen molar-refractivity contribution in [2.24, 2.45) is 0 Å². The van der Waals surface area contributed by atoms with Gasteiger partial charge in [-0.3, -0.25) is 4.79 Å². The van der Waals surface area contributed by atoms with Crippen LogP contribution >= 0.6 is 0 Å². The fraction of sp³-hybridized carbons (Fsp3) is 0.846. The average Bonchev–Trinajstić information content (AvgIpc) is 2.34.